The number of rotatable bonds is 3. The molecule has 2 rings (SSSR count). The van der Waals surface area contributed by atoms with Gasteiger partial charge in [0, 0.05) is 12.0 Å². The maximum Gasteiger partial charge on any atom is 0.0632 e. The first kappa shape index (κ1) is 13.6. The van der Waals surface area contributed by atoms with Crippen LogP contribution in [0.3, 0.4) is 0 Å². The predicted molar refractivity (Wildman–Crippen MR) is 75.4 cm³/mol. The van der Waals surface area contributed by atoms with Crippen molar-refractivity contribution in [3.8, 4) is 0 Å². The van der Waals surface area contributed by atoms with Gasteiger partial charge in [-0.2, -0.15) is 0 Å². The molecule has 0 aromatic heterocycles. The van der Waals surface area contributed by atoms with Gasteiger partial charge in [-0.1, -0.05) is 43.5 Å². The van der Waals surface area contributed by atoms with E-state index in [-0.39, 0.29) is 5.54 Å². The molecule has 0 radical (unpaired) electrons. The Hall–Kier alpha value is -0.860. The molecule has 0 spiro atoms. The van der Waals surface area contributed by atoms with Crippen LogP contribution in [-0.4, -0.2) is 10.7 Å². The first-order chi connectivity index (χ1) is 8.41. The van der Waals surface area contributed by atoms with E-state index in [0.29, 0.717) is 6.42 Å². The second kappa shape index (κ2) is 5.02. The van der Waals surface area contributed by atoms with Gasteiger partial charge < -0.3 is 10.8 Å². The van der Waals surface area contributed by atoms with E-state index in [1.807, 2.05) is 19.9 Å². The molecule has 2 heteroatoms. The summed E-state index contributed by atoms with van der Waals surface area (Å²) in [5.74, 6) is 0. The van der Waals surface area contributed by atoms with Crippen molar-refractivity contribution in [2.75, 3.05) is 0 Å². The van der Waals surface area contributed by atoms with Crippen molar-refractivity contribution in [3.63, 3.8) is 0 Å². The quantitative estimate of drug-likeness (QED) is 0.862. The molecule has 1 aliphatic rings. The highest BCUT2D eigenvalue weighted by molar-refractivity contribution is 5.35. The fourth-order valence-corrected chi connectivity index (χ4v) is 3.08. The van der Waals surface area contributed by atoms with Crippen LogP contribution in [0.2, 0.25) is 0 Å². The van der Waals surface area contributed by atoms with Crippen LogP contribution in [-0.2, 0) is 12.0 Å². The lowest BCUT2D eigenvalue weighted by molar-refractivity contribution is 0.0803. The summed E-state index contributed by atoms with van der Waals surface area (Å²) in [6, 6.07) is 8.35. The molecule has 0 saturated heterocycles. The van der Waals surface area contributed by atoms with Crippen molar-refractivity contribution >= 4 is 0 Å². The lowest BCUT2D eigenvalue weighted by atomic mass is 9.74. The van der Waals surface area contributed by atoms with Gasteiger partial charge in [-0.15, -0.1) is 0 Å². The molecular formula is C16H25NO. The topological polar surface area (TPSA) is 46.2 Å². The molecule has 100 valence electrons. The highest BCUT2D eigenvalue weighted by Gasteiger charge is 2.32. The number of nitrogens with two attached hydrogens (primary N) is 1. The smallest absolute Gasteiger partial charge is 0.0632 e. The molecule has 0 bridgehead atoms. The Bertz CT molecular complexity index is 400. The Morgan fingerprint density at radius 3 is 2.39 bits per heavy atom. The number of benzene rings is 1. The highest BCUT2D eigenvalue weighted by atomic mass is 16.3. The van der Waals surface area contributed by atoms with Crippen molar-refractivity contribution in [1.82, 2.24) is 0 Å². The van der Waals surface area contributed by atoms with Crippen LogP contribution in [0.15, 0.2) is 24.3 Å². The molecule has 2 nitrogen and oxygen atoms in total. The maximum atomic E-state index is 10.0. The lowest BCUT2D eigenvalue weighted by Crippen LogP contribution is -2.40. The molecule has 1 aromatic rings. The predicted octanol–water partition coefficient (Wildman–Crippen LogP) is 3.12. The molecule has 0 amide bonds. The van der Waals surface area contributed by atoms with Crippen molar-refractivity contribution in [1.29, 1.82) is 0 Å². The zero-order valence-electron chi connectivity index (χ0n) is 11.6. The van der Waals surface area contributed by atoms with E-state index >= 15 is 0 Å². The van der Waals surface area contributed by atoms with Gasteiger partial charge in [0.05, 0.1) is 5.60 Å². The third-order valence-electron chi connectivity index (χ3n) is 3.92. The molecule has 18 heavy (non-hydrogen) atoms. The van der Waals surface area contributed by atoms with Crippen molar-refractivity contribution in [3.05, 3.63) is 35.4 Å². The van der Waals surface area contributed by atoms with Crippen molar-refractivity contribution in [2.24, 2.45) is 5.73 Å². The summed E-state index contributed by atoms with van der Waals surface area (Å²) < 4.78 is 0. The van der Waals surface area contributed by atoms with Gasteiger partial charge in [-0.25, -0.2) is 0 Å². The monoisotopic (exact) mass is 247 g/mol. The van der Waals surface area contributed by atoms with Gasteiger partial charge in [-0.05, 0) is 37.8 Å². The minimum Gasteiger partial charge on any atom is -0.390 e. The molecule has 1 aromatic carbocycles. The van der Waals surface area contributed by atoms with Gasteiger partial charge in [0.25, 0.3) is 0 Å². The maximum absolute atomic E-state index is 10.0. The first-order valence-electron chi connectivity index (χ1n) is 7.00. The first-order valence-corrected chi connectivity index (χ1v) is 7.00. The van der Waals surface area contributed by atoms with Crippen molar-refractivity contribution < 1.29 is 5.11 Å². The second-order valence-electron chi connectivity index (χ2n) is 6.36. The Morgan fingerprint density at radius 1 is 1.17 bits per heavy atom. The Labute approximate surface area is 110 Å². The van der Waals surface area contributed by atoms with E-state index in [4.69, 9.17) is 5.73 Å². The molecule has 1 fully saturated rings. The van der Waals surface area contributed by atoms with Crippen LogP contribution >= 0.6 is 0 Å². The van der Waals surface area contributed by atoms with Crippen LogP contribution in [0, 0.1) is 0 Å². The summed E-state index contributed by atoms with van der Waals surface area (Å²) in [7, 11) is 0. The molecule has 0 heterocycles. The zero-order chi connectivity index (χ0) is 13.2. The minimum atomic E-state index is -0.679. The number of aliphatic hydroxyl groups is 1. The largest absolute Gasteiger partial charge is 0.390 e. The fraction of sp³-hybridized carbons (Fsp3) is 0.625. The summed E-state index contributed by atoms with van der Waals surface area (Å²) >= 11 is 0. The molecule has 3 N–H and O–H groups in total. The van der Waals surface area contributed by atoms with E-state index in [0.717, 1.165) is 12.8 Å². The summed E-state index contributed by atoms with van der Waals surface area (Å²) in [4.78, 5) is 0. The fourth-order valence-electron chi connectivity index (χ4n) is 3.08. The summed E-state index contributed by atoms with van der Waals surface area (Å²) in [6.07, 6.45) is 6.53. The number of hydrogen-bond donors (Lipinski definition) is 2. The van der Waals surface area contributed by atoms with E-state index < -0.39 is 5.60 Å². The molecule has 1 saturated carbocycles. The minimum absolute atomic E-state index is 0.180. The normalized spacial score (nSPS) is 19.8. The van der Waals surface area contributed by atoms with Gasteiger partial charge in [0.2, 0.25) is 0 Å². The lowest BCUT2D eigenvalue weighted by Gasteiger charge is -2.36. The zero-order valence-corrected chi connectivity index (χ0v) is 11.6. The Balaban J connectivity index is 2.32. The number of hydrogen-bond acceptors (Lipinski definition) is 2. The van der Waals surface area contributed by atoms with Crippen LogP contribution in [0.25, 0.3) is 0 Å². The standard InChI is InChI=1S/C16H25NO/c1-15(2,18)12-13-8-4-5-9-14(13)16(17)10-6-3-7-11-16/h4-5,8-9,18H,3,6-7,10-12,17H2,1-2H3. The molecular weight excluding hydrogens is 222 g/mol. The van der Waals surface area contributed by atoms with Crippen LogP contribution < -0.4 is 5.73 Å². The molecule has 0 aliphatic heterocycles. The molecule has 0 atom stereocenters. The molecule has 1 aliphatic carbocycles. The van der Waals surface area contributed by atoms with Crippen LogP contribution in [0.5, 0.6) is 0 Å². The SMILES string of the molecule is CC(C)(O)Cc1ccccc1C1(N)CCCCC1. The van der Waals surface area contributed by atoms with Gasteiger partial charge >= 0.3 is 0 Å². The van der Waals surface area contributed by atoms with E-state index in [2.05, 4.69) is 18.2 Å². The Kier molecular flexibility index (Phi) is 3.79. The van der Waals surface area contributed by atoms with Crippen LogP contribution in [0.1, 0.15) is 57.1 Å². The second-order valence-corrected chi connectivity index (χ2v) is 6.36. The van der Waals surface area contributed by atoms with E-state index in [1.54, 1.807) is 0 Å². The third-order valence-corrected chi connectivity index (χ3v) is 3.92. The summed E-state index contributed by atoms with van der Waals surface area (Å²) in [5, 5.41) is 10.0. The molecule has 0 unspecified atom stereocenters. The highest BCUT2D eigenvalue weighted by Crippen LogP contribution is 2.37. The Morgan fingerprint density at radius 2 is 1.78 bits per heavy atom. The summed E-state index contributed by atoms with van der Waals surface area (Å²) in [6.45, 7) is 3.71. The average Bonchev–Trinajstić information content (AvgIpc) is 2.28. The van der Waals surface area contributed by atoms with E-state index in [1.165, 1.54) is 30.4 Å². The van der Waals surface area contributed by atoms with E-state index in [9.17, 15) is 5.11 Å². The van der Waals surface area contributed by atoms with Gasteiger partial charge in [0.15, 0.2) is 0 Å². The van der Waals surface area contributed by atoms with Crippen LogP contribution in [0.4, 0.5) is 0 Å². The van der Waals surface area contributed by atoms with Crippen molar-refractivity contribution in [2.45, 2.75) is 63.5 Å². The third kappa shape index (κ3) is 3.12. The summed E-state index contributed by atoms with van der Waals surface area (Å²) in [5.41, 5.74) is 8.20. The van der Waals surface area contributed by atoms with Gasteiger partial charge in [-0.3, -0.25) is 0 Å². The van der Waals surface area contributed by atoms with Gasteiger partial charge in [0.1, 0.15) is 0 Å². The average molecular weight is 247 g/mol.